The van der Waals surface area contributed by atoms with Gasteiger partial charge in [-0.25, -0.2) is 5.01 Å². The number of benzene rings is 2. The lowest BCUT2D eigenvalue weighted by Crippen LogP contribution is -2.32. The van der Waals surface area contributed by atoms with Crippen LogP contribution in [0, 0.1) is 0 Å². The van der Waals surface area contributed by atoms with E-state index in [2.05, 4.69) is 15.4 Å². The van der Waals surface area contributed by atoms with E-state index in [4.69, 9.17) is 9.47 Å². The minimum atomic E-state index is -0.239. The summed E-state index contributed by atoms with van der Waals surface area (Å²) in [5.41, 5.74) is 3.31. The predicted molar refractivity (Wildman–Crippen MR) is 125 cm³/mol. The van der Waals surface area contributed by atoms with Crippen LogP contribution in [0.25, 0.3) is 0 Å². The third-order valence-electron chi connectivity index (χ3n) is 5.31. The Labute approximate surface area is 191 Å². The molecule has 4 rings (SSSR count). The van der Waals surface area contributed by atoms with Gasteiger partial charge >= 0.3 is 0 Å². The van der Waals surface area contributed by atoms with Gasteiger partial charge in [0.25, 0.3) is 11.8 Å². The van der Waals surface area contributed by atoms with Gasteiger partial charge in [0.1, 0.15) is 0 Å². The molecular weight excluding hydrogens is 420 g/mol. The zero-order valence-electron chi connectivity index (χ0n) is 18.4. The number of hydrazone groups is 1. The molecule has 2 heterocycles. The van der Waals surface area contributed by atoms with Crippen molar-refractivity contribution in [1.29, 1.82) is 0 Å². The summed E-state index contributed by atoms with van der Waals surface area (Å²) >= 11 is 0. The first kappa shape index (κ1) is 22.0. The molecule has 0 saturated heterocycles. The molecule has 1 aliphatic heterocycles. The minimum Gasteiger partial charge on any atom is -0.493 e. The van der Waals surface area contributed by atoms with Crippen molar-refractivity contribution >= 4 is 23.2 Å². The van der Waals surface area contributed by atoms with E-state index >= 15 is 0 Å². The van der Waals surface area contributed by atoms with E-state index < -0.39 is 0 Å². The fourth-order valence-electron chi connectivity index (χ4n) is 3.56. The van der Waals surface area contributed by atoms with Crippen LogP contribution in [0.15, 0.2) is 72.1 Å². The summed E-state index contributed by atoms with van der Waals surface area (Å²) in [5.74, 6) is 0.823. The van der Waals surface area contributed by atoms with E-state index in [1.165, 1.54) is 5.01 Å². The van der Waals surface area contributed by atoms with Crippen molar-refractivity contribution < 1.29 is 19.1 Å². The fourth-order valence-corrected chi connectivity index (χ4v) is 3.56. The first-order valence-electron chi connectivity index (χ1n) is 10.5. The van der Waals surface area contributed by atoms with Crippen LogP contribution in [0.4, 0.5) is 5.69 Å². The lowest BCUT2D eigenvalue weighted by Gasteiger charge is -2.24. The molecule has 0 fully saturated rings. The molecule has 8 nitrogen and oxygen atoms in total. The van der Waals surface area contributed by atoms with Crippen molar-refractivity contribution in [3.63, 3.8) is 0 Å². The second kappa shape index (κ2) is 9.95. The molecule has 2 aromatic carbocycles. The van der Waals surface area contributed by atoms with Crippen LogP contribution in [-0.4, -0.2) is 48.3 Å². The van der Waals surface area contributed by atoms with Gasteiger partial charge in [-0.2, -0.15) is 5.10 Å². The summed E-state index contributed by atoms with van der Waals surface area (Å²) in [6.07, 6.45) is 4.69. The Balaban J connectivity index is 1.48. The van der Waals surface area contributed by atoms with Crippen LogP contribution in [0.1, 0.15) is 39.1 Å². The number of nitrogens with zero attached hydrogens (tertiary/aromatic N) is 3. The first-order chi connectivity index (χ1) is 16.1. The normalized spacial score (nSPS) is 13.2. The van der Waals surface area contributed by atoms with Crippen molar-refractivity contribution in [3.05, 3.63) is 83.7 Å². The van der Waals surface area contributed by atoms with Gasteiger partial charge in [0.2, 0.25) is 0 Å². The molecule has 2 amide bonds. The smallest absolute Gasteiger partial charge is 0.273 e. The average molecular weight is 444 g/mol. The summed E-state index contributed by atoms with van der Waals surface area (Å²) < 4.78 is 10.7. The number of aromatic nitrogens is 1. The van der Waals surface area contributed by atoms with Crippen LogP contribution in [0.5, 0.6) is 11.5 Å². The molecule has 1 aliphatic rings. The number of carbonyl (C=O) groups is 2. The van der Waals surface area contributed by atoms with Crippen molar-refractivity contribution in [1.82, 2.24) is 9.99 Å². The second-order valence-corrected chi connectivity index (χ2v) is 7.42. The quantitative estimate of drug-likeness (QED) is 0.621. The maximum absolute atomic E-state index is 13.0. The number of hydrogen-bond donors (Lipinski definition) is 1. The maximum Gasteiger partial charge on any atom is 0.273 e. The van der Waals surface area contributed by atoms with E-state index in [0.717, 1.165) is 24.1 Å². The number of pyridine rings is 1. The van der Waals surface area contributed by atoms with Gasteiger partial charge in [-0.3, -0.25) is 14.6 Å². The van der Waals surface area contributed by atoms with Crippen LogP contribution in [0.2, 0.25) is 0 Å². The molecule has 1 N–H and O–H groups in total. The number of nitrogens with one attached hydrogen (secondary N) is 1. The molecule has 0 radical (unpaired) electrons. The van der Waals surface area contributed by atoms with Crippen molar-refractivity contribution in [3.8, 4) is 11.5 Å². The molecule has 0 atom stereocenters. The van der Waals surface area contributed by atoms with Crippen LogP contribution < -0.4 is 14.8 Å². The van der Waals surface area contributed by atoms with E-state index in [9.17, 15) is 9.59 Å². The van der Waals surface area contributed by atoms with Gasteiger partial charge in [-0.05, 0) is 67.4 Å². The molecule has 8 heteroatoms. The monoisotopic (exact) mass is 444 g/mol. The predicted octanol–water partition coefficient (Wildman–Crippen LogP) is 3.99. The second-order valence-electron chi connectivity index (χ2n) is 7.42. The highest BCUT2D eigenvalue weighted by molar-refractivity contribution is 6.05. The van der Waals surface area contributed by atoms with Crippen molar-refractivity contribution in [2.45, 2.75) is 12.8 Å². The third-order valence-corrected chi connectivity index (χ3v) is 5.31. The number of ether oxygens (including phenoxy) is 2. The molecule has 0 bridgehead atoms. The van der Waals surface area contributed by atoms with E-state index in [-0.39, 0.29) is 11.8 Å². The molecular formula is C25H24N4O4. The summed E-state index contributed by atoms with van der Waals surface area (Å²) in [6, 6.07) is 15.7. The summed E-state index contributed by atoms with van der Waals surface area (Å²) in [5, 5.41) is 8.90. The third kappa shape index (κ3) is 5.01. The highest BCUT2D eigenvalue weighted by atomic mass is 16.5. The van der Waals surface area contributed by atoms with Gasteiger partial charge in [-0.15, -0.1) is 0 Å². The van der Waals surface area contributed by atoms with Gasteiger partial charge in [0.15, 0.2) is 11.5 Å². The fraction of sp³-hybridized carbons (Fsp3) is 0.200. The molecule has 0 aliphatic carbocycles. The standard InChI is InChI=1S/C25H24N4O4/c1-32-22-10-7-19(16-23(22)33-2)21-4-3-15-29(28-21)25(31)18-5-8-20(9-6-18)27-24(30)17-11-13-26-14-12-17/h5-14,16H,3-4,15H2,1-2H3,(H,27,30). The SMILES string of the molecule is COc1ccc(C2=NN(C(=O)c3ccc(NC(=O)c4ccncc4)cc3)CCC2)cc1OC. The van der Waals surface area contributed by atoms with E-state index in [1.54, 1.807) is 63.0 Å². The summed E-state index contributed by atoms with van der Waals surface area (Å²) in [7, 11) is 3.18. The first-order valence-corrected chi connectivity index (χ1v) is 10.5. The Morgan fingerprint density at radius 1 is 0.909 bits per heavy atom. The summed E-state index contributed by atoms with van der Waals surface area (Å²) in [4.78, 5) is 29.2. The number of rotatable bonds is 6. The Morgan fingerprint density at radius 2 is 1.64 bits per heavy atom. The molecule has 0 saturated carbocycles. The number of hydrogen-bond acceptors (Lipinski definition) is 6. The van der Waals surface area contributed by atoms with Crippen LogP contribution in [-0.2, 0) is 0 Å². The van der Waals surface area contributed by atoms with Crippen molar-refractivity contribution in [2.24, 2.45) is 5.10 Å². The minimum absolute atomic E-state index is 0.195. The molecule has 3 aromatic rings. The largest absolute Gasteiger partial charge is 0.493 e. The highest BCUT2D eigenvalue weighted by Crippen LogP contribution is 2.29. The van der Waals surface area contributed by atoms with E-state index in [0.29, 0.717) is 34.9 Å². The van der Waals surface area contributed by atoms with Gasteiger partial charge < -0.3 is 14.8 Å². The molecule has 0 spiro atoms. The maximum atomic E-state index is 13.0. The average Bonchev–Trinajstić information content (AvgIpc) is 2.88. The number of anilines is 1. The van der Waals surface area contributed by atoms with Gasteiger partial charge in [0, 0.05) is 41.3 Å². The van der Waals surface area contributed by atoms with Crippen molar-refractivity contribution in [2.75, 3.05) is 26.1 Å². The number of amides is 2. The Bertz CT molecular complexity index is 1180. The Hall–Kier alpha value is -4.20. The molecule has 0 unspecified atom stereocenters. The Kier molecular flexibility index (Phi) is 6.64. The lowest BCUT2D eigenvalue weighted by molar-refractivity contribution is 0.0751. The highest BCUT2D eigenvalue weighted by Gasteiger charge is 2.21. The van der Waals surface area contributed by atoms with E-state index in [1.807, 2.05) is 18.2 Å². The molecule has 1 aromatic heterocycles. The molecule has 33 heavy (non-hydrogen) atoms. The number of methoxy groups -OCH3 is 2. The zero-order valence-corrected chi connectivity index (χ0v) is 18.4. The van der Waals surface area contributed by atoms with Gasteiger partial charge in [-0.1, -0.05) is 0 Å². The summed E-state index contributed by atoms with van der Waals surface area (Å²) in [6.45, 7) is 0.538. The zero-order chi connectivity index (χ0) is 23.2. The topological polar surface area (TPSA) is 93.1 Å². The van der Waals surface area contributed by atoms with Gasteiger partial charge in [0.05, 0.1) is 19.9 Å². The number of carbonyl (C=O) groups excluding carboxylic acids is 2. The van der Waals surface area contributed by atoms with Crippen LogP contribution >= 0.6 is 0 Å². The van der Waals surface area contributed by atoms with Crippen LogP contribution in [0.3, 0.4) is 0 Å². The lowest BCUT2D eigenvalue weighted by atomic mass is 10.0. The molecule has 168 valence electrons. The Morgan fingerprint density at radius 3 is 2.33 bits per heavy atom.